The van der Waals surface area contributed by atoms with Gasteiger partial charge in [0.2, 0.25) is 5.91 Å². The maximum absolute atomic E-state index is 12.1. The minimum atomic E-state index is -0.931. The Balaban J connectivity index is 2.78. The van der Waals surface area contributed by atoms with Crippen LogP contribution in [0.2, 0.25) is 0 Å². The number of nitrogens with two attached hydrogens (primary N) is 1. The van der Waals surface area contributed by atoms with E-state index in [-0.39, 0.29) is 17.7 Å². The molecule has 0 saturated carbocycles. The number of amides is 1. The third-order valence-electron chi connectivity index (χ3n) is 3.78. The van der Waals surface area contributed by atoms with Gasteiger partial charge in [-0.1, -0.05) is 27.2 Å². The monoisotopic (exact) mass is 242 g/mol. The molecule has 1 heterocycles. The van der Waals surface area contributed by atoms with Crippen LogP contribution in [0.15, 0.2) is 0 Å². The number of nitrogens with zero attached hydrogens (tertiary/aromatic N) is 1. The summed E-state index contributed by atoms with van der Waals surface area (Å²) < 4.78 is 0. The number of hydrogen-bond donors (Lipinski definition) is 2. The van der Waals surface area contributed by atoms with E-state index in [0.29, 0.717) is 6.54 Å². The fourth-order valence-electron chi connectivity index (χ4n) is 2.26. The SMILES string of the molecule is CCC(C)[C@H](N)C(=O)N1CCC(C)C1C(=O)O. The van der Waals surface area contributed by atoms with Crippen LogP contribution in [0, 0.1) is 11.8 Å². The molecule has 5 nitrogen and oxygen atoms in total. The molecule has 0 spiro atoms. The Morgan fingerprint density at radius 2 is 2.12 bits per heavy atom. The van der Waals surface area contributed by atoms with Gasteiger partial charge in [0, 0.05) is 6.54 Å². The first kappa shape index (κ1) is 14.0. The summed E-state index contributed by atoms with van der Waals surface area (Å²) >= 11 is 0. The second-order valence-corrected chi connectivity index (χ2v) is 4.99. The summed E-state index contributed by atoms with van der Waals surface area (Å²) in [6, 6.07) is -1.30. The highest BCUT2D eigenvalue weighted by atomic mass is 16.4. The molecule has 0 aromatic heterocycles. The summed E-state index contributed by atoms with van der Waals surface area (Å²) in [4.78, 5) is 24.7. The molecular weight excluding hydrogens is 220 g/mol. The van der Waals surface area contributed by atoms with Crippen LogP contribution in [0.1, 0.15) is 33.6 Å². The lowest BCUT2D eigenvalue weighted by Crippen LogP contribution is -2.51. The van der Waals surface area contributed by atoms with Crippen LogP contribution in [-0.2, 0) is 9.59 Å². The van der Waals surface area contributed by atoms with Crippen molar-refractivity contribution in [2.45, 2.75) is 45.7 Å². The number of carboxylic acids is 1. The van der Waals surface area contributed by atoms with E-state index < -0.39 is 18.1 Å². The molecule has 1 rings (SSSR count). The largest absolute Gasteiger partial charge is 0.480 e. The Labute approximate surface area is 102 Å². The van der Waals surface area contributed by atoms with Gasteiger partial charge in [-0.3, -0.25) is 4.79 Å². The zero-order chi connectivity index (χ0) is 13.2. The van der Waals surface area contributed by atoms with Crippen molar-refractivity contribution in [2.75, 3.05) is 6.54 Å². The van der Waals surface area contributed by atoms with E-state index in [1.165, 1.54) is 4.90 Å². The number of carbonyl (C=O) groups is 2. The smallest absolute Gasteiger partial charge is 0.326 e. The Bertz CT molecular complexity index is 306. The van der Waals surface area contributed by atoms with Gasteiger partial charge < -0.3 is 15.7 Å². The van der Waals surface area contributed by atoms with Crippen molar-refractivity contribution in [3.8, 4) is 0 Å². The molecule has 3 unspecified atom stereocenters. The standard InChI is InChI=1S/C12H22N2O3/c1-4-7(2)9(13)11(15)14-6-5-8(3)10(14)12(16)17/h7-10H,4-6,13H2,1-3H3,(H,16,17)/t7?,8?,9-,10?/m0/s1. The van der Waals surface area contributed by atoms with Crippen LogP contribution in [-0.4, -0.2) is 40.5 Å². The van der Waals surface area contributed by atoms with E-state index in [1.807, 2.05) is 20.8 Å². The van der Waals surface area contributed by atoms with Crippen molar-refractivity contribution in [3.63, 3.8) is 0 Å². The highest BCUT2D eigenvalue weighted by molar-refractivity contribution is 5.87. The second-order valence-electron chi connectivity index (χ2n) is 4.99. The minimum absolute atomic E-state index is 0.000539. The highest BCUT2D eigenvalue weighted by Gasteiger charge is 2.41. The topological polar surface area (TPSA) is 83.6 Å². The molecule has 0 bridgehead atoms. The van der Waals surface area contributed by atoms with Gasteiger partial charge in [0.15, 0.2) is 0 Å². The zero-order valence-corrected chi connectivity index (χ0v) is 10.7. The lowest BCUT2D eigenvalue weighted by molar-refractivity contribution is -0.150. The average Bonchev–Trinajstić information content (AvgIpc) is 2.68. The number of rotatable bonds is 4. The maximum Gasteiger partial charge on any atom is 0.326 e. The van der Waals surface area contributed by atoms with Crippen LogP contribution in [0.3, 0.4) is 0 Å². The van der Waals surface area contributed by atoms with Gasteiger partial charge in [0.05, 0.1) is 6.04 Å². The van der Waals surface area contributed by atoms with E-state index >= 15 is 0 Å². The summed E-state index contributed by atoms with van der Waals surface area (Å²) in [6.07, 6.45) is 1.55. The molecule has 5 heteroatoms. The fraction of sp³-hybridized carbons (Fsp3) is 0.833. The first-order chi connectivity index (χ1) is 7.90. The maximum atomic E-state index is 12.1. The molecule has 4 atom stereocenters. The number of carboxylic acid groups (broad SMARTS) is 1. The Morgan fingerprint density at radius 3 is 2.59 bits per heavy atom. The molecule has 0 aliphatic carbocycles. The Morgan fingerprint density at radius 1 is 1.53 bits per heavy atom. The molecule has 3 N–H and O–H groups in total. The van der Waals surface area contributed by atoms with Crippen LogP contribution in [0.4, 0.5) is 0 Å². The van der Waals surface area contributed by atoms with E-state index in [0.717, 1.165) is 12.8 Å². The van der Waals surface area contributed by atoms with Crippen molar-refractivity contribution < 1.29 is 14.7 Å². The summed E-state index contributed by atoms with van der Waals surface area (Å²) in [5.41, 5.74) is 5.87. The van der Waals surface area contributed by atoms with E-state index in [2.05, 4.69) is 0 Å². The molecule has 17 heavy (non-hydrogen) atoms. The van der Waals surface area contributed by atoms with Crippen LogP contribution in [0.25, 0.3) is 0 Å². The third-order valence-corrected chi connectivity index (χ3v) is 3.78. The molecule has 1 fully saturated rings. The molecular formula is C12H22N2O3. The number of hydrogen-bond acceptors (Lipinski definition) is 3. The van der Waals surface area contributed by atoms with Gasteiger partial charge in [0.1, 0.15) is 6.04 Å². The van der Waals surface area contributed by atoms with Gasteiger partial charge >= 0.3 is 5.97 Å². The lowest BCUT2D eigenvalue weighted by atomic mass is 9.98. The highest BCUT2D eigenvalue weighted by Crippen LogP contribution is 2.25. The molecule has 0 aromatic rings. The summed E-state index contributed by atoms with van der Waals surface area (Å²) in [7, 11) is 0. The molecule has 1 aliphatic rings. The van der Waals surface area contributed by atoms with Crippen molar-refractivity contribution in [3.05, 3.63) is 0 Å². The normalized spacial score (nSPS) is 27.9. The Hall–Kier alpha value is -1.10. The van der Waals surface area contributed by atoms with Gasteiger partial charge in [-0.15, -0.1) is 0 Å². The fourth-order valence-corrected chi connectivity index (χ4v) is 2.26. The molecule has 1 amide bonds. The predicted molar refractivity (Wildman–Crippen MR) is 64.3 cm³/mol. The van der Waals surface area contributed by atoms with Crippen LogP contribution < -0.4 is 5.73 Å². The van der Waals surface area contributed by atoms with Crippen molar-refractivity contribution in [2.24, 2.45) is 17.6 Å². The lowest BCUT2D eigenvalue weighted by Gasteiger charge is -2.28. The number of carbonyl (C=O) groups excluding carboxylic acids is 1. The summed E-state index contributed by atoms with van der Waals surface area (Å²) in [6.45, 7) is 6.25. The predicted octanol–water partition coefficient (Wildman–Crippen LogP) is 0.681. The Kier molecular flexibility index (Phi) is 4.51. The summed E-state index contributed by atoms with van der Waals surface area (Å²) in [5.74, 6) is -1.08. The molecule has 1 aliphatic heterocycles. The van der Waals surface area contributed by atoms with E-state index in [9.17, 15) is 9.59 Å². The van der Waals surface area contributed by atoms with Crippen molar-refractivity contribution in [1.82, 2.24) is 4.90 Å². The van der Waals surface area contributed by atoms with Gasteiger partial charge in [-0.25, -0.2) is 4.79 Å². The number of likely N-dealkylation sites (tertiary alicyclic amines) is 1. The van der Waals surface area contributed by atoms with Gasteiger partial charge in [-0.2, -0.15) is 0 Å². The first-order valence-electron chi connectivity index (χ1n) is 6.19. The summed E-state index contributed by atoms with van der Waals surface area (Å²) in [5, 5.41) is 9.15. The van der Waals surface area contributed by atoms with Gasteiger partial charge in [-0.05, 0) is 18.3 Å². The molecule has 1 saturated heterocycles. The molecule has 0 radical (unpaired) electrons. The van der Waals surface area contributed by atoms with Gasteiger partial charge in [0.25, 0.3) is 0 Å². The van der Waals surface area contributed by atoms with Crippen molar-refractivity contribution >= 4 is 11.9 Å². The van der Waals surface area contributed by atoms with Crippen LogP contribution >= 0.6 is 0 Å². The number of aliphatic carboxylic acids is 1. The average molecular weight is 242 g/mol. The third kappa shape index (κ3) is 2.77. The van der Waals surface area contributed by atoms with Crippen molar-refractivity contribution in [1.29, 1.82) is 0 Å². The second kappa shape index (κ2) is 5.49. The quantitative estimate of drug-likeness (QED) is 0.759. The van der Waals surface area contributed by atoms with Crippen LogP contribution in [0.5, 0.6) is 0 Å². The minimum Gasteiger partial charge on any atom is -0.480 e. The molecule has 98 valence electrons. The molecule has 0 aromatic carbocycles. The van der Waals surface area contributed by atoms with E-state index in [4.69, 9.17) is 10.8 Å². The first-order valence-corrected chi connectivity index (χ1v) is 6.19. The zero-order valence-electron chi connectivity index (χ0n) is 10.7. The van der Waals surface area contributed by atoms with E-state index in [1.54, 1.807) is 0 Å².